The number of sulfone groups is 1. The fraction of sp³-hybridized carbons (Fsp3) is 0.200. The van der Waals surface area contributed by atoms with Gasteiger partial charge in [0.05, 0.1) is 4.90 Å². The van der Waals surface area contributed by atoms with Crippen molar-refractivity contribution < 1.29 is 12.9 Å². The highest BCUT2D eigenvalue weighted by atomic mass is 35.6. The van der Waals surface area contributed by atoms with E-state index in [0.29, 0.717) is 5.56 Å². The Morgan fingerprint density at radius 1 is 1.16 bits per heavy atom. The molecule has 0 saturated carbocycles. The van der Waals surface area contributed by atoms with Crippen molar-refractivity contribution in [1.82, 2.24) is 10.1 Å². The zero-order valence-corrected chi connectivity index (χ0v) is 12.6. The van der Waals surface area contributed by atoms with Crippen LogP contribution in [0.5, 0.6) is 0 Å². The lowest BCUT2D eigenvalue weighted by Crippen LogP contribution is -2.00. The van der Waals surface area contributed by atoms with Crippen LogP contribution < -0.4 is 0 Å². The predicted molar refractivity (Wildman–Crippen MR) is 72.1 cm³/mol. The van der Waals surface area contributed by atoms with Gasteiger partial charge in [0.25, 0.3) is 9.68 Å². The molecule has 0 unspecified atom stereocenters. The van der Waals surface area contributed by atoms with Crippen molar-refractivity contribution in [3.8, 4) is 11.4 Å². The van der Waals surface area contributed by atoms with E-state index < -0.39 is 13.6 Å². The third kappa shape index (κ3) is 3.39. The van der Waals surface area contributed by atoms with Gasteiger partial charge >= 0.3 is 0 Å². The fourth-order valence-corrected chi connectivity index (χ4v) is 2.17. The summed E-state index contributed by atoms with van der Waals surface area (Å²) >= 11 is 16.8. The molecule has 0 aliphatic heterocycles. The summed E-state index contributed by atoms with van der Waals surface area (Å²) in [6.07, 6.45) is 1.12. The first kappa shape index (κ1) is 14.6. The van der Waals surface area contributed by atoms with Gasteiger partial charge in [-0.05, 0) is 24.3 Å². The lowest BCUT2D eigenvalue weighted by molar-refractivity contribution is 0.383. The van der Waals surface area contributed by atoms with Crippen molar-refractivity contribution in [3.63, 3.8) is 0 Å². The summed E-state index contributed by atoms with van der Waals surface area (Å²) in [6, 6.07) is 5.97. The molecule has 102 valence electrons. The Morgan fingerprint density at radius 2 is 1.74 bits per heavy atom. The highest BCUT2D eigenvalue weighted by molar-refractivity contribution is 7.90. The third-order valence-corrected chi connectivity index (χ3v) is 3.82. The number of halogens is 3. The molecule has 0 aliphatic carbocycles. The van der Waals surface area contributed by atoms with Gasteiger partial charge in [-0.3, -0.25) is 0 Å². The number of hydrogen-bond donors (Lipinski definition) is 0. The highest BCUT2D eigenvalue weighted by Gasteiger charge is 2.30. The van der Waals surface area contributed by atoms with Crippen molar-refractivity contribution in [2.24, 2.45) is 0 Å². The van der Waals surface area contributed by atoms with Gasteiger partial charge in [0.2, 0.25) is 5.82 Å². The van der Waals surface area contributed by atoms with Crippen molar-refractivity contribution in [3.05, 3.63) is 30.2 Å². The fourth-order valence-electron chi connectivity index (χ4n) is 1.31. The molecule has 2 rings (SSSR count). The van der Waals surface area contributed by atoms with Crippen LogP contribution in [0.25, 0.3) is 11.4 Å². The van der Waals surface area contributed by atoms with Gasteiger partial charge in [-0.1, -0.05) is 40.0 Å². The van der Waals surface area contributed by atoms with Crippen LogP contribution in [0.4, 0.5) is 0 Å². The van der Waals surface area contributed by atoms with Gasteiger partial charge in [-0.15, -0.1) is 0 Å². The number of aromatic nitrogens is 2. The first-order chi connectivity index (χ1) is 8.68. The molecule has 2 aromatic rings. The van der Waals surface area contributed by atoms with Gasteiger partial charge in [0, 0.05) is 11.8 Å². The van der Waals surface area contributed by atoms with Gasteiger partial charge in [-0.2, -0.15) is 4.98 Å². The number of nitrogens with zero attached hydrogens (tertiary/aromatic N) is 2. The Balaban J connectivity index is 2.36. The third-order valence-electron chi connectivity index (χ3n) is 2.21. The normalized spacial score (nSPS) is 12.6. The van der Waals surface area contributed by atoms with Crippen LogP contribution in [-0.2, 0) is 13.6 Å². The maximum absolute atomic E-state index is 11.3. The molecule has 0 bridgehead atoms. The van der Waals surface area contributed by atoms with E-state index in [1.165, 1.54) is 12.1 Å². The molecule has 19 heavy (non-hydrogen) atoms. The van der Waals surface area contributed by atoms with E-state index >= 15 is 0 Å². The van der Waals surface area contributed by atoms with E-state index in [9.17, 15) is 8.42 Å². The number of benzene rings is 1. The maximum atomic E-state index is 11.3. The molecule has 0 N–H and O–H groups in total. The Labute approximate surface area is 124 Å². The van der Waals surface area contributed by atoms with Crippen LogP contribution in [0.1, 0.15) is 5.89 Å². The average Bonchev–Trinajstić information content (AvgIpc) is 2.77. The van der Waals surface area contributed by atoms with E-state index in [4.69, 9.17) is 39.3 Å². The predicted octanol–water partition coefficient (Wildman–Crippen LogP) is 2.97. The van der Waals surface area contributed by atoms with Crippen LogP contribution in [0.2, 0.25) is 0 Å². The second-order valence-electron chi connectivity index (χ2n) is 3.72. The summed E-state index contributed by atoms with van der Waals surface area (Å²) in [6.45, 7) is 0. The average molecular weight is 342 g/mol. The minimum atomic E-state index is -3.25. The zero-order chi connectivity index (χ0) is 14.3. The largest absolute Gasteiger partial charge is 0.334 e. The van der Waals surface area contributed by atoms with Crippen LogP contribution >= 0.6 is 34.8 Å². The standard InChI is InChI=1S/C10H7Cl3N2O3S/c1-19(16,17)7-4-2-6(3-5-7)8-14-9(18-15-8)10(11,12)13/h2-5H,1H3. The van der Waals surface area contributed by atoms with Gasteiger partial charge in [0.1, 0.15) is 0 Å². The molecule has 0 aliphatic rings. The second-order valence-corrected chi connectivity index (χ2v) is 8.01. The van der Waals surface area contributed by atoms with Gasteiger partial charge < -0.3 is 4.52 Å². The van der Waals surface area contributed by atoms with Crippen LogP contribution in [0.15, 0.2) is 33.7 Å². The Kier molecular flexibility index (Phi) is 3.79. The maximum Gasteiger partial charge on any atom is 0.279 e. The van der Waals surface area contributed by atoms with E-state index in [-0.39, 0.29) is 16.6 Å². The molecule has 1 aromatic carbocycles. The number of rotatable bonds is 2. The lowest BCUT2D eigenvalue weighted by atomic mass is 10.2. The zero-order valence-electron chi connectivity index (χ0n) is 9.47. The van der Waals surface area contributed by atoms with Crippen LogP contribution in [-0.4, -0.2) is 24.8 Å². The number of hydrogen-bond acceptors (Lipinski definition) is 5. The molecule has 0 saturated heterocycles. The summed E-state index contributed by atoms with van der Waals surface area (Å²) in [4.78, 5) is 4.12. The molecular formula is C10H7Cl3N2O3S. The SMILES string of the molecule is CS(=O)(=O)c1ccc(-c2noc(C(Cl)(Cl)Cl)n2)cc1. The quantitative estimate of drug-likeness (QED) is 0.785. The van der Waals surface area contributed by atoms with Crippen molar-refractivity contribution in [1.29, 1.82) is 0 Å². The topological polar surface area (TPSA) is 73.1 Å². The molecule has 0 amide bonds. The molecule has 0 fully saturated rings. The van der Waals surface area contributed by atoms with Crippen molar-refractivity contribution >= 4 is 44.6 Å². The molecule has 0 spiro atoms. The van der Waals surface area contributed by atoms with Crippen LogP contribution in [0, 0.1) is 0 Å². The first-order valence-electron chi connectivity index (χ1n) is 4.89. The number of alkyl halides is 3. The Morgan fingerprint density at radius 3 is 2.16 bits per heavy atom. The van der Waals surface area contributed by atoms with E-state index in [0.717, 1.165) is 6.26 Å². The molecule has 0 atom stereocenters. The van der Waals surface area contributed by atoms with Crippen molar-refractivity contribution in [2.75, 3.05) is 6.26 Å². The molecule has 9 heteroatoms. The Bertz CT molecular complexity index is 690. The second kappa shape index (κ2) is 4.94. The van der Waals surface area contributed by atoms with Gasteiger partial charge in [0.15, 0.2) is 9.84 Å². The Hall–Kier alpha value is -0.820. The molecule has 1 heterocycles. The van der Waals surface area contributed by atoms with E-state index in [1.54, 1.807) is 12.1 Å². The minimum absolute atomic E-state index is 0.153. The first-order valence-corrected chi connectivity index (χ1v) is 7.92. The van der Waals surface area contributed by atoms with E-state index in [1.807, 2.05) is 0 Å². The molecule has 1 aromatic heterocycles. The van der Waals surface area contributed by atoms with Crippen molar-refractivity contribution in [2.45, 2.75) is 8.69 Å². The molecule has 5 nitrogen and oxygen atoms in total. The minimum Gasteiger partial charge on any atom is -0.334 e. The summed E-state index contributed by atoms with van der Waals surface area (Å²) in [7, 11) is -3.25. The highest BCUT2D eigenvalue weighted by Crippen LogP contribution is 2.37. The summed E-state index contributed by atoms with van der Waals surface area (Å²) in [5, 5.41) is 3.66. The van der Waals surface area contributed by atoms with Crippen LogP contribution in [0.3, 0.4) is 0 Å². The lowest BCUT2D eigenvalue weighted by Gasteiger charge is -2.01. The molecular weight excluding hydrogens is 335 g/mol. The summed E-state index contributed by atoms with van der Waals surface area (Å²) in [5.41, 5.74) is 0.552. The summed E-state index contributed by atoms with van der Waals surface area (Å²) in [5.74, 6) is 0.0565. The monoisotopic (exact) mass is 340 g/mol. The smallest absolute Gasteiger partial charge is 0.279 e. The molecule has 0 radical (unpaired) electrons. The summed E-state index contributed by atoms with van der Waals surface area (Å²) < 4.78 is 25.6. The van der Waals surface area contributed by atoms with E-state index in [2.05, 4.69) is 10.1 Å². The van der Waals surface area contributed by atoms with Gasteiger partial charge in [-0.25, -0.2) is 8.42 Å².